The Labute approximate surface area is 101 Å². The van der Waals surface area contributed by atoms with Crippen molar-refractivity contribution in [1.29, 1.82) is 0 Å². The quantitative estimate of drug-likeness (QED) is 0.790. The molecule has 0 aromatic heterocycles. The van der Waals surface area contributed by atoms with E-state index in [1.165, 1.54) is 12.1 Å². The van der Waals surface area contributed by atoms with Gasteiger partial charge in [-0.1, -0.05) is 24.6 Å². The maximum absolute atomic E-state index is 11.1. The number of hydrogen-bond donors (Lipinski definition) is 2. The first-order valence-corrected chi connectivity index (χ1v) is 6.89. The van der Waals surface area contributed by atoms with Crippen LogP contribution in [0.2, 0.25) is 5.02 Å². The summed E-state index contributed by atoms with van der Waals surface area (Å²) >= 11 is 5.95. The van der Waals surface area contributed by atoms with Crippen molar-refractivity contribution in [2.24, 2.45) is 5.14 Å². The Balaban J connectivity index is 2.84. The van der Waals surface area contributed by atoms with Crippen LogP contribution in [0.15, 0.2) is 23.1 Å². The lowest BCUT2D eigenvalue weighted by Gasteiger charge is -2.07. The molecule has 0 radical (unpaired) electrons. The van der Waals surface area contributed by atoms with Crippen molar-refractivity contribution in [2.75, 3.05) is 6.54 Å². The summed E-state index contributed by atoms with van der Waals surface area (Å²) in [5.41, 5.74) is 0.863. The van der Waals surface area contributed by atoms with E-state index in [-0.39, 0.29) is 4.90 Å². The highest BCUT2D eigenvalue weighted by Gasteiger charge is 2.09. The largest absolute Gasteiger partial charge is 0.313 e. The highest BCUT2D eigenvalue weighted by atomic mass is 35.5. The first-order chi connectivity index (χ1) is 7.45. The summed E-state index contributed by atoms with van der Waals surface area (Å²) in [6.07, 6.45) is 1.03. The van der Waals surface area contributed by atoms with Crippen LogP contribution in [0.5, 0.6) is 0 Å². The fourth-order valence-electron chi connectivity index (χ4n) is 1.25. The number of halogens is 1. The van der Waals surface area contributed by atoms with Gasteiger partial charge in [-0.2, -0.15) is 0 Å². The molecule has 0 amide bonds. The Kier molecular flexibility index (Phi) is 4.73. The molecule has 3 N–H and O–H groups in total. The predicted octanol–water partition coefficient (Wildman–Crippen LogP) is 1.49. The van der Waals surface area contributed by atoms with Gasteiger partial charge in [0.2, 0.25) is 10.0 Å². The number of hydrogen-bond acceptors (Lipinski definition) is 3. The van der Waals surface area contributed by atoms with Crippen molar-refractivity contribution in [3.8, 4) is 0 Å². The zero-order chi connectivity index (χ0) is 12.2. The maximum Gasteiger partial charge on any atom is 0.238 e. The van der Waals surface area contributed by atoms with E-state index in [4.69, 9.17) is 16.7 Å². The fraction of sp³-hybridized carbons (Fsp3) is 0.400. The van der Waals surface area contributed by atoms with Gasteiger partial charge in [0.1, 0.15) is 0 Å². The Morgan fingerprint density at radius 1 is 1.44 bits per heavy atom. The van der Waals surface area contributed by atoms with Crippen LogP contribution in [0, 0.1) is 0 Å². The average Bonchev–Trinajstić information content (AvgIpc) is 2.19. The molecule has 1 aromatic rings. The van der Waals surface area contributed by atoms with Crippen molar-refractivity contribution in [1.82, 2.24) is 5.32 Å². The number of primary sulfonamides is 1. The van der Waals surface area contributed by atoms with Crippen LogP contribution in [0.25, 0.3) is 0 Å². The molecule has 1 aromatic carbocycles. The second-order valence-corrected chi connectivity index (χ2v) is 5.44. The lowest BCUT2D eigenvalue weighted by molar-refractivity contribution is 0.597. The molecule has 1 rings (SSSR count). The summed E-state index contributed by atoms with van der Waals surface area (Å²) in [7, 11) is -3.67. The third-order valence-electron chi connectivity index (χ3n) is 2.10. The number of sulfonamides is 1. The minimum Gasteiger partial charge on any atom is -0.313 e. The van der Waals surface area contributed by atoms with E-state index in [9.17, 15) is 8.42 Å². The van der Waals surface area contributed by atoms with Crippen molar-refractivity contribution >= 4 is 21.6 Å². The minimum atomic E-state index is -3.67. The third kappa shape index (κ3) is 3.75. The average molecular weight is 263 g/mol. The van der Waals surface area contributed by atoms with Crippen LogP contribution in [0.3, 0.4) is 0 Å². The van der Waals surface area contributed by atoms with Gasteiger partial charge in [0.05, 0.1) is 4.90 Å². The standard InChI is InChI=1S/C10H15ClN2O2S/c1-2-5-13-7-8-3-4-9(6-10(8)11)16(12,14)15/h3-4,6,13H,2,5,7H2,1H3,(H2,12,14,15). The highest BCUT2D eigenvalue weighted by molar-refractivity contribution is 7.89. The van der Waals surface area contributed by atoms with Gasteiger partial charge < -0.3 is 5.32 Å². The van der Waals surface area contributed by atoms with E-state index in [0.29, 0.717) is 11.6 Å². The Morgan fingerprint density at radius 3 is 2.62 bits per heavy atom. The van der Waals surface area contributed by atoms with Crippen LogP contribution in [0.4, 0.5) is 0 Å². The van der Waals surface area contributed by atoms with Crippen LogP contribution in [-0.4, -0.2) is 15.0 Å². The molecule has 0 aliphatic rings. The van der Waals surface area contributed by atoms with Gasteiger partial charge in [0.25, 0.3) is 0 Å². The smallest absolute Gasteiger partial charge is 0.238 e. The summed E-state index contributed by atoms with van der Waals surface area (Å²) in [5, 5.41) is 8.59. The number of rotatable bonds is 5. The van der Waals surface area contributed by atoms with Gasteiger partial charge in [-0.25, -0.2) is 13.6 Å². The topological polar surface area (TPSA) is 72.2 Å². The van der Waals surface area contributed by atoms with Crippen LogP contribution >= 0.6 is 11.6 Å². The first-order valence-electron chi connectivity index (χ1n) is 4.97. The summed E-state index contributed by atoms with van der Waals surface area (Å²) in [6.45, 7) is 3.59. The predicted molar refractivity (Wildman–Crippen MR) is 64.8 cm³/mol. The molecule has 0 unspecified atom stereocenters. The molecule has 0 fully saturated rings. The summed E-state index contributed by atoms with van der Waals surface area (Å²) < 4.78 is 22.1. The van der Waals surface area contributed by atoms with Crippen LogP contribution in [0.1, 0.15) is 18.9 Å². The third-order valence-corrected chi connectivity index (χ3v) is 3.36. The van der Waals surface area contributed by atoms with E-state index in [2.05, 4.69) is 12.2 Å². The zero-order valence-corrected chi connectivity index (χ0v) is 10.6. The highest BCUT2D eigenvalue weighted by Crippen LogP contribution is 2.19. The van der Waals surface area contributed by atoms with E-state index < -0.39 is 10.0 Å². The molecule has 0 aliphatic heterocycles. The molecule has 0 atom stereocenters. The molecule has 16 heavy (non-hydrogen) atoms. The van der Waals surface area contributed by atoms with Crippen molar-refractivity contribution in [2.45, 2.75) is 24.8 Å². The van der Waals surface area contributed by atoms with Crippen molar-refractivity contribution in [3.05, 3.63) is 28.8 Å². The van der Waals surface area contributed by atoms with Crippen molar-refractivity contribution in [3.63, 3.8) is 0 Å². The molecule has 90 valence electrons. The van der Waals surface area contributed by atoms with E-state index in [1.54, 1.807) is 6.07 Å². The number of nitrogens with one attached hydrogen (secondary N) is 1. The zero-order valence-electron chi connectivity index (χ0n) is 9.03. The number of benzene rings is 1. The summed E-state index contributed by atoms with van der Waals surface area (Å²) in [6, 6.07) is 4.51. The van der Waals surface area contributed by atoms with Gasteiger partial charge in [-0.15, -0.1) is 0 Å². The van der Waals surface area contributed by atoms with E-state index in [1.807, 2.05) is 0 Å². The van der Waals surface area contributed by atoms with Gasteiger partial charge in [-0.3, -0.25) is 0 Å². The Hall–Kier alpha value is -0.620. The maximum atomic E-state index is 11.1. The Morgan fingerprint density at radius 2 is 2.12 bits per heavy atom. The summed E-state index contributed by atoms with van der Waals surface area (Å²) in [5.74, 6) is 0. The molecule has 6 heteroatoms. The van der Waals surface area contributed by atoms with Gasteiger partial charge in [0, 0.05) is 11.6 Å². The fourth-order valence-corrected chi connectivity index (χ4v) is 2.10. The lowest BCUT2D eigenvalue weighted by Crippen LogP contribution is -2.15. The molecule has 4 nitrogen and oxygen atoms in total. The second-order valence-electron chi connectivity index (χ2n) is 3.48. The molecule has 0 spiro atoms. The summed E-state index contributed by atoms with van der Waals surface area (Å²) in [4.78, 5) is 0.0386. The van der Waals surface area contributed by atoms with Gasteiger partial charge in [0.15, 0.2) is 0 Å². The molecule has 0 saturated carbocycles. The molecular formula is C10H15ClN2O2S. The Bertz CT molecular complexity index is 460. The SMILES string of the molecule is CCCNCc1ccc(S(N)(=O)=O)cc1Cl. The van der Waals surface area contributed by atoms with Crippen LogP contribution in [-0.2, 0) is 16.6 Å². The number of nitrogens with two attached hydrogens (primary N) is 1. The van der Waals surface area contributed by atoms with Gasteiger partial charge >= 0.3 is 0 Å². The molecule has 0 bridgehead atoms. The minimum absolute atomic E-state index is 0.0386. The van der Waals surface area contributed by atoms with Crippen molar-refractivity contribution < 1.29 is 8.42 Å². The molecule has 0 aliphatic carbocycles. The first kappa shape index (κ1) is 13.4. The monoisotopic (exact) mass is 262 g/mol. The second kappa shape index (κ2) is 5.63. The molecular weight excluding hydrogens is 248 g/mol. The van der Waals surface area contributed by atoms with E-state index in [0.717, 1.165) is 18.5 Å². The normalized spacial score (nSPS) is 11.7. The molecule has 0 heterocycles. The lowest BCUT2D eigenvalue weighted by atomic mass is 10.2. The van der Waals surface area contributed by atoms with Crippen LogP contribution < -0.4 is 10.5 Å². The van der Waals surface area contributed by atoms with Gasteiger partial charge in [-0.05, 0) is 30.7 Å². The van der Waals surface area contributed by atoms with E-state index >= 15 is 0 Å². The molecule has 0 saturated heterocycles.